The molecule has 2 heterocycles. The van der Waals surface area contributed by atoms with Gasteiger partial charge in [-0.3, -0.25) is 4.40 Å². The van der Waals surface area contributed by atoms with Gasteiger partial charge in [0.2, 0.25) is 0 Å². The number of aromatic nitrogens is 2. The number of imidazole rings is 1. The van der Waals surface area contributed by atoms with Crippen molar-refractivity contribution in [3.8, 4) is 11.5 Å². The fraction of sp³-hybridized carbons (Fsp3) is 0.125. The van der Waals surface area contributed by atoms with Gasteiger partial charge >= 0.3 is 5.97 Å². The first-order valence-electron chi connectivity index (χ1n) is 6.64. The predicted octanol–water partition coefficient (Wildman–Crippen LogP) is 2.62. The highest BCUT2D eigenvalue weighted by Crippen LogP contribution is 2.26. The molecule has 0 atom stereocenters. The van der Waals surface area contributed by atoms with Crippen molar-refractivity contribution in [3.63, 3.8) is 0 Å². The quantitative estimate of drug-likeness (QED) is 0.784. The van der Waals surface area contributed by atoms with E-state index in [4.69, 9.17) is 14.6 Å². The highest BCUT2D eigenvalue weighted by atomic mass is 16.5. The number of carboxylic acids is 1. The molecule has 112 valence electrons. The van der Waals surface area contributed by atoms with Crippen LogP contribution in [0.3, 0.4) is 0 Å². The SMILES string of the molecule is COc1ccccc1OCc1cnc2ccc(C(=O)O)cn12. The van der Waals surface area contributed by atoms with Crippen LogP contribution < -0.4 is 9.47 Å². The lowest BCUT2D eigenvalue weighted by atomic mass is 10.3. The minimum absolute atomic E-state index is 0.198. The normalized spacial score (nSPS) is 10.6. The lowest BCUT2D eigenvalue weighted by Crippen LogP contribution is -2.03. The first-order valence-corrected chi connectivity index (χ1v) is 6.64. The maximum Gasteiger partial charge on any atom is 0.337 e. The van der Waals surface area contributed by atoms with Crippen LogP contribution >= 0.6 is 0 Å². The molecule has 0 radical (unpaired) electrons. The summed E-state index contributed by atoms with van der Waals surface area (Å²) in [5.41, 5.74) is 1.62. The molecule has 6 nitrogen and oxygen atoms in total. The van der Waals surface area contributed by atoms with Crippen molar-refractivity contribution in [2.45, 2.75) is 6.61 Å². The Bertz CT molecular complexity index is 826. The number of nitrogens with zero attached hydrogens (tertiary/aromatic N) is 2. The van der Waals surface area contributed by atoms with Crippen LogP contribution in [-0.4, -0.2) is 27.6 Å². The topological polar surface area (TPSA) is 73.1 Å². The zero-order valence-corrected chi connectivity index (χ0v) is 11.9. The Labute approximate surface area is 126 Å². The van der Waals surface area contributed by atoms with Gasteiger partial charge in [-0.1, -0.05) is 12.1 Å². The fourth-order valence-electron chi connectivity index (χ4n) is 2.15. The molecule has 6 heteroatoms. The molecule has 0 amide bonds. The van der Waals surface area contributed by atoms with E-state index < -0.39 is 5.97 Å². The molecular weight excluding hydrogens is 284 g/mol. The zero-order chi connectivity index (χ0) is 15.5. The summed E-state index contributed by atoms with van der Waals surface area (Å²) in [7, 11) is 1.58. The number of fused-ring (bicyclic) bond motifs is 1. The molecule has 0 aliphatic rings. The lowest BCUT2D eigenvalue weighted by molar-refractivity contribution is 0.0696. The van der Waals surface area contributed by atoms with Crippen molar-refractivity contribution in [1.29, 1.82) is 0 Å². The number of carbonyl (C=O) groups is 1. The molecule has 0 fully saturated rings. The molecule has 0 saturated carbocycles. The largest absolute Gasteiger partial charge is 0.493 e. The van der Waals surface area contributed by atoms with Crippen LogP contribution in [0.5, 0.6) is 11.5 Å². The maximum atomic E-state index is 11.1. The number of rotatable bonds is 5. The molecule has 1 N–H and O–H groups in total. The second-order valence-electron chi connectivity index (χ2n) is 4.64. The third-order valence-electron chi connectivity index (χ3n) is 3.27. The number of aromatic carboxylic acids is 1. The predicted molar refractivity (Wildman–Crippen MR) is 79.5 cm³/mol. The molecule has 0 unspecified atom stereocenters. The lowest BCUT2D eigenvalue weighted by Gasteiger charge is -2.10. The number of carboxylic acid groups (broad SMARTS) is 1. The molecule has 0 saturated heterocycles. The van der Waals surface area contributed by atoms with Crippen molar-refractivity contribution in [2.75, 3.05) is 7.11 Å². The van der Waals surface area contributed by atoms with Crippen LogP contribution in [0, 0.1) is 0 Å². The summed E-state index contributed by atoms with van der Waals surface area (Å²) in [6.07, 6.45) is 3.20. The van der Waals surface area contributed by atoms with E-state index in [0.29, 0.717) is 17.1 Å². The van der Waals surface area contributed by atoms with E-state index in [2.05, 4.69) is 4.98 Å². The summed E-state index contributed by atoms with van der Waals surface area (Å²) in [6, 6.07) is 10.5. The second-order valence-corrected chi connectivity index (χ2v) is 4.64. The van der Waals surface area contributed by atoms with Crippen molar-refractivity contribution in [1.82, 2.24) is 9.38 Å². The van der Waals surface area contributed by atoms with Crippen LogP contribution in [0.25, 0.3) is 5.65 Å². The summed E-state index contributed by atoms with van der Waals surface area (Å²) in [6.45, 7) is 0.255. The molecule has 0 bridgehead atoms. The number of hydrogen-bond acceptors (Lipinski definition) is 4. The molecule has 3 aromatic rings. The van der Waals surface area contributed by atoms with Gasteiger partial charge in [0.05, 0.1) is 24.6 Å². The smallest absolute Gasteiger partial charge is 0.337 e. The molecule has 2 aromatic heterocycles. The first kappa shape index (κ1) is 13.9. The standard InChI is InChI=1S/C16H14N2O4/c1-21-13-4-2-3-5-14(13)22-10-12-8-17-15-7-6-11(16(19)20)9-18(12)15/h2-9H,10H2,1H3,(H,19,20). The third-order valence-corrected chi connectivity index (χ3v) is 3.27. The average Bonchev–Trinajstić information content (AvgIpc) is 2.95. The number of para-hydroxylation sites is 2. The Hall–Kier alpha value is -3.02. The van der Waals surface area contributed by atoms with E-state index in [1.165, 1.54) is 12.3 Å². The van der Waals surface area contributed by atoms with Gasteiger partial charge < -0.3 is 14.6 Å². The number of pyridine rings is 1. The summed E-state index contributed by atoms with van der Waals surface area (Å²) >= 11 is 0. The van der Waals surface area contributed by atoms with Gasteiger partial charge in [0, 0.05) is 6.20 Å². The zero-order valence-electron chi connectivity index (χ0n) is 11.9. The molecule has 0 aliphatic heterocycles. The van der Waals surface area contributed by atoms with Crippen LogP contribution in [0.4, 0.5) is 0 Å². The maximum absolute atomic E-state index is 11.1. The Balaban J connectivity index is 1.87. The monoisotopic (exact) mass is 298 g/mol. The summed E-state index contributed by atoms with van der Waals surface area (Å²) in [4.78, 5) is 15.3. The second kappa shape index (κ2) is 5.77. The van der Waals surface area contributed by atoms with E-state index in [9.17, 15) is 4.79 Å². The number of ether oxygens (including phenoxy) is 2. The molecule has 0 spiro atoms. The number of benzene rings is 1. The number of hydrogen-bond donors (Lipinski definition) is 1. The van der Waals surface area contributed by atoms with Crippen LogP contribution in [0.15, 0.2) is 48.8 Å². The minimum atomic E-state index is -0.979. The van der Waals surface area contributed by atoms with E-state index in [0.717, 1.165) is 5.69 Å². The first-order chi connectivity index (χ1) is 10.7. The van der Waals surface area contributed by atoms with Gasteiger partial charge in [-0.15, -0.1) is 0 Å². The van der Waals surface area contributed by atoms with E-state index >= 15 is 0 Å². The van der Waals surface area contributed by atoms with Crippen molar-refractivity contribution < 1.29 is 19.4 Å². The van der Waals surface area contributed by atoms with E-state index in [1.54, 1.807) is 23.8 Å². The van der Waals surface area contributed by atoms with Crippen molar-refractivity contribution in [3.05, 3.63) is 60.0 Å². The van der Waals surface area contributed by atoms with Gasteiger partial charge in [-0.05, 0) is 24.3 Å². The molecule has 1 aromatic carbocycles. The summed E-state index contributed by atoms with van der Waals surface area (Å²) < 4.78 is 12.7. The minimum Gasteiger partial charge on any atom is -0.493 e. The summed E-state index contributed by atoms with van der Waals surface area (Å²) in [5.74, 6) is 0.282. The van der Waals surface area contributed by atoms with E-state index in [-0.39, 0.29) is 12.2 Å². The van der Waals surface area contributed by atoms with Gasteiger partial charge in [-0.2, -0.15) is 0 Å². The van der Waals surface area contributed by atoms with Crippen molar-refractivity contribution >= 4 is 11.6 Å². The van der Waals surface area contributed by atoms with Crippen LogP contribution in [0.1, 0.15) is 16.1 Å². The Morgan fingerprint density at radius 1 is 1.23 bits per heavy atom. The van der Waals surface area contributed by atoms with Gasteiger partial charge in [0.15, 0.2) is 11.5 Å². The Morgan fingerprint density at radius 3 is 2.73 bits per heavy atom. The molecular formula is C16H14N2O4. The van der Waals surface area contributed by atoms with Gasteiger partial charge in [-0.25, -0.2) is 9.78 Å². The fourth-order valence-corrected chi connectivity index (χ4v) is 2.15. The Morgan fingerprint density at radius 2 is 2.00 bits per heavy atom. The average molecular weight is 298 g/mol. The van der Waals surface area contributed by atoms with Crippen LogP contribution in [0.2, 0.25) is 0 Å². The molecule has 3 rings (SSSR count). The van der Waals surface area contributed by atoms with Gasteiger partial charge in [0.1, 0.15) is 12.3 Å². The van der Waals surface area contributed by atoms with Crippen LogP contribution in [-0.2, 0) is 6.61 Å². The highest BCUT2D eigenvalue weighted by Gasteiger charge is 2.09. The van der Waals surface area contributed by atoms with Crippen molar-refractivity contribution in [2.24, 2.45) is 0 Å². The van der Waals surface area contributed by atoms with E-state index in [1.807, 2.05) is 24.3 Å². The number of methoxy groups -OCH3 is 1. The Kier molecular flexibility index (Phi) is 3.65. The summed E-state index contributed by atoms with van der Waals surface area (Å²) in [5, 5.41) is 9.07. The van der Waals surface area contributed by atoms with Gasteiger partial charge in [0.25, 0.3) is 0 Å². The third kappa shape index (κ3) is 2.58. The molecule has 0 aliphatic carbocycles. The molecule has 22 heavy (non-hydrogen) atoms. The highest BCUT2D eigenvalue weighted by molar-refractivity contribution is 5.87.